The average Bonchev–Trinajstić information content (AvgIpc) is 2.66. The second kappa shape index (κ2) is 4.10. The van der Waals surface area contributed by atoms with Crippen LogP contribution in [-0.2, 0) is 0 Å². The fraction of sp³-hybridized carbons (Fsp3) is 0.364. The third-order valence-corrected chi connectivity index (χ3v) is 3.27. The molecule has 0 unspecified atom stereocenters. The first kappa shape index (κ1) is 10.7. The molecule has 2 aromatic rings. The lowest BCUT2D eigenvalue weighted by Gasteiger charge is -2.39. The Kier molecular flexibility index (Phi) is 2.58. The Morgan fingerprint density at radius 2 is 1.94 bits per heavy atom. The van der Waals surface area contributed by atoms with E-state index >= 15 is 0 Å². The average molecular weight is 294 g/mol. The molecular formula is C11H12BrN5. The van der Waals surface area contributed by atoms with E-state index in [1.807, 2.05) is 36.4 Å². The van der Waals surface area contributed by atoms with Crippen molar-refractivity contribution >= 4 is 21.9 Å². The lowest BCUT2D eigenvalue weighted by Crippen LogP contribution is -2.48. The number of halogens is 1. The first-order valence-corrected chi connectivity index (χ1v) is 6.25. The van der Waals surface area contributed by atoms with Gasteiger partial charge in [0.25, 0.3) is 0 Å². The quantitative estimate of drug-likeness (QED) is 0.847. The molecule has 0 amide bonds. The zero-order chi connectivity index (χ0) is 11.8. The predicted molar refractivity (Wildman–Crippen MR) is 67.9 cm³/mol. The van der Waals surface area contributed by atoms with Crippen LogP contribution in [0.3, 0.4) is 0 Å². The smallest absolute Gasteiger partial charge is 0.225 e. The largest absolute Gasteiger partial charge is 0.336 e. The number of anilines is 1. The van der Waals surface area contributed by atoms with Crippen LogP contribution in [0.4, 0.5) is 5.95 Å². The number of hydrogen-bond donors (Lipinski definition) is 0. The van der Waals surface area contributed by atoms with Gasteiger partial charge in [-0.2, -0.15) is 5.10 Å². The molecule has 5 nitrogen and oxygen atoms in total. The molecule has 1 aliphatic heterocycles. The summed E-state index contributed by atoms with van der Waals surface area (Å²) in [6, 6.07) is 0.422. The van der Waals surface area contributed by atoms with Crippen LogP contribution in [0.1, 0.15) is 11.6 Å². The highest BCUT2D eigenvalue weighted by Crippen LogP contribution is 2.25. The van der Waals surface area contributed by atoms with Crippen LogP contribution in [0.15, 0.2) is 29.3 Å². The molecule has 0 aliphatic carbocycles. The van der Waals surface area contributed by atoms with Crippen LogP contribution in [0.25, 0.3) is 0 Å². The maximum Gasteiger partial charge on any atom is 0.225 e. The number of hydrogen-bond acceptors (Lipinski definition) is 4. The molecule has 1 fully saturated rings. The minimum absolute atomic E-state index is 0.422. The van der Waals surface area contributed by atoms with Crippen LogP contribution < -0.4 is 4.90 Å². The second-order valence-electron chi connectivity index (χ2n) is 4.26. The summed E-state index contributed by atoms with van der Waals surface area (Å²) in [5.74, 6) is 0.804. The molecule has 1 saturated heterocycles. The Bertz CT molecular complexity index is 515. The number of nitrogens with zero attached hydrogens (tertiary/aromatic N) is 5. The van der Waals surface area contributed by atoms with Gasteiger partial charge in [-0.15, -0.1) is 0 Å². The third-order valence-electron chi connectivity index (χ3n) is 2.86. The van der Waals surface area contributed by atoms with Gasteiger partial charge in [0.05, 0.1) is 16.7 Å². The van der Waals surface area contributed by atoms with Crippen molar-refractivity contribution in [1.82, 2.24) is 19.7 Å². The molecule has 0 bridgehead atoms. The first-order chi connectivity index (χ1) is 8.22. The molecule has 0 aromatic carbocycles. The maximum absolute atomic E-state index is 4.31. The Morgan fingerprint density at radius 1 is 1.24 bits per heavy atom. The van der Waals surface area contributed by atoms with Gasteiger partial charge in [-0.3, -0.25) is 4.68 Å². The normalized spacial score (nSPS) is 16.0. The van der Waals surface area contributed by atoms with Crippen molar-refractivity contribution in [2.75, 3.05) is 18.0 Å². The van der Waals surface area contributed by atoms with Crippen molar-refractivity contribution in [3.8, 4) is 0 Å². The lowest BCUT2D eigenvalue weighted by molar-refractivity contribution is 0.363. The number of aromatic nitrogens is 4. The summed E-state index contributed by atoms with van der Waals surface area (Å²) in [6.45, 7) is 3.82. The SMILES string of the molecule is Cc1cnc(N2CC(n3cc(Br)cn3)C2)nc1. The number of rotatable bonds is 2. The van der Waals surface area contributed by atoms with Gasteiger partial charge < -0.3 is 4.90 Å². The molecule has 0 atom stereocenters. The van der Waals surface area contributed by atoms with Gasteiger partial charge in [0.15, 0.2) is 0 Å². The van der Waals surface area contributed by atoms with Crippen molar-refractivity contribution in [2.45, 2.75) is 13.0 Å². The minimum Gasteiger partial charge on any atom is -0.336 e. The summed E-state index contributed by atoms with van der Waals surface area (Å²) in [7, 11) is 0. The summed E-state index contributed by atoms with van der Waals surface area (Å²) in [5, 5.41) is 4.28. The van der Waals surface area contributed by atoms with E-state index in [0.29, 0.717) is 6.04 Å². The fourth-order valence-electron chi connectivity index (χ4n) is 1.85. The molecule has 3 heterocycles. The predicted octanol–water partition coefficient (Wildman–Crippen LogP) is 1.81. The number of aryl methyl sites for hydroxylation is 1. The van der Waals surface area contributed by atoms with Gasteiger partial charge in [-0.05, 0) is 28.4 Å². The van der Waals surface area contributed by atoms with Crippen molar-refractivity contribution in [2.24, 2.45) is 0 Å². The van der Waals surface area contributed by atoms with Gasteiger partial charge in [-0.1, -0.05) is 0 Å². The standard InChI is InChI=1S/C11H12BrN5/c1-8-2-13-11(14-3-8)16-6-10(7-16)17-5-9(12)4-15-17/h2-5,10H,6-7H2,1H3. The maximum atomic E-state index is 4.31. The minimum atomic E-state index is 0.422. The van der Waals surface area contributed by atoms with Crippen molar-refractivity contribution in [1.29, 1.82) is 0 Å². The molecule has 6 heteroatoms. The highest BCUT2D eigenvalue weighted by atomic mass is 79.9. The zero-order valence-electron chi connectivity index (χ0n) is 9.41. The van der Waals surface area contributed by atoms with Crippen LogP contribution in [-0.4, -0.2) is 32.8 Å². The molecule has 1 aliphatic rings. The molecule has 2 aromatic heterocycles. The van der Waals surface area contributed by atoms with Crippen LogP contribution in [0.5, 0.6) is 0 Å². The molecule has 17 heavy (non-hydrogen) atoms. The summed E-state index contributed by atoms with van der Waals surface area (Å²) in [6.07, 6.45) is 7.50. The molecule has 0 spiro atoms. The zero-order valence-corrected chi connectivity index (χ0v) is 11.0. The van der Waals surface area contributed by atoms with E-state index in [4.69, 9.17) is 0 Å². The van der Waals surface area contributed by atoms with Gasteiger partial charge in [0.2, 0.25) is 5.95 Å². The van der Waals surface area contributed by atoms with E-state index in [0.717, 1.165) is 29.1 Å². The molecule has 0 radical (unpaired) electrons. The highest BCUT2D eigenvalue weighted by Gasteiger charge is 2.30. The molecule has 0 saturated carbocycles. The highest BCUT2D eigenvalue weighted by molar-refractivity contribution is 9.10. The van der Waals surface area contributed by atoms with Crippen molar-refractivity contribution < 1.29 is 0 Å². The Hall–Kier alpha value is -1.43. The van der Waals surface area contributed by atoms with E-state index in [1.165, 1.54) is 0 Å². The summed E-state index contributed by atoms with van der Waals surface area (Å²) < 4.78 is 3.00. The van der Waals surface area contributed by atoms with Crippen LogP contribution in [0.2, 0.25) is 0 Å². The Morgan fingerprint density at radius 3 is 2.53 bits per heavy atom. The van der Waals surface area contributed by atoms with E-state index in [1.54, 1.807) is 0 Å². The van der Waals surface area contributed by atoms with Crippen molar-refractivity contribution in [3.05, 3.63) is 34.8 Å². The lowest BCUT2D eigenvalue weighted by atomic mass is 10.1. The van der Waals surface area contributed by atoms with Crippen LogP contribution >= 0.6 is 15.9 Å². The van der Waals surface area contributed by atoms with E-state index in [2.05, 4.69) is 35.9 Å². The summed E-state index contributed by atoms with van der Waals surface area (Å²) >= 11 is 3.40. The van der Waals surface area contributed by atoms with Gasteiger partial charge in [0.1, 0.15) is 0 Å². The Balaban J connectivity index is 1.66. The fourth-order valence-corrected chi connectivity index (χ4v) is 2.15. The summed E-state index contributed by atoms with van der Waals surface area (Å²) in [4.78, 5) is 10.8. The summed E-state index contributed by atoms with van der Waals surface area (Å²) in [5.41, 5.74) is 1.09. The second-order valence-corrected chi connectivity index (χ2v) is 5.17. The molecule has 0 N–H and O–H groups in total. The van der Waals surface area contributed by atoms with E-state index < -0.39 is 0 Å². The van der Waals surface area contributed by atoms with E-state index in [9.17, 15) is 0 Å². The first-order valence-electron chi connectivity index (χ1n) is 5.45. The van der Waals surface area contributed by atoms with E-state index in [-0.39, 0.29) is 0 Å². The molecule has 3 rings (SSSR count). The van der Waals surface area contributed by atoms with Gasteiger partial charge >= 0.3 is 0 Å². The topological polar surface area (TPSA) is 46.8 Å². The van der Waals surface area contributed by atoms with Gasteiger partial charge in [-0.25, -0.2) is 9.97 Å². The Labute approximate surface area is 108 Å². The van der Waals surface area contributed by atoms with Gasteiger partial charge in [0, 0.05) is 31.7 Å². The monoisotopic (exact) mass is 293 g/mol. The third kappa shape index (κ3) is 2.04. The molecular weight excluding hydrogens is 282 g/mol. The van der Waals surface area contributed by atoms with Crippen molar-refractivity contribution in [3.63, 3.8) is 0 Å². The van der Waals surface area contributed by atoms with Crippen LogP contribution in [0, 0.1) is 6.92 Å². The molecule has 88 valence electrons.